The van der Waals surface area contributed by atoms with E-state index in [9.17, 15) is 4.79 Å². The van der Waals surface area contributed by atoms with Crippen LogP contribution in [0.15, 0.2) is 36.5 Å². The SMILES string of the molecule is O=C(C=Cc1ccc(Cl)c(Cl)c1)Nc1ccnn1CC1CCOC1. The van der Waals surface area contributed by atoms with Gasteiger partial charge in [0.05, 0.1) is 22.8 Å². The lowest BCUT2D eigenvalue weighted by atomic mass is 10.1. The van der Waals surface area contributed by atoms with Gasteiger partial charge < -0.3 is 10.1 Å². The number of anilines is 1. The molecule has 1 unspecified atom stereocenters. The number of carbonyl (C=O) groups is 1. The third kappa shape index (κ3) is 4.38. The van der Waals surface area contributed by atoms with Crippen LogP contribution in [-0.4, -0.2) is 28.9 Å². The summed E-state index contributed by atoms with van der Waals surface area (Å²) in [7, 11) is 0. The largest absolute Gasteiger partial charge is 0.381 e. The Bertz CT molecular complexity index is 752. The minimum absolute atomic E-state index is 0.231. The first-order valence-corrected chi connectivity index (χ1v) is 8.41. The maximum Gasteiger partial charge on any atom is 0.249 e. The summed E-state index contributed by atoms with van der Waals surface area (Å²) in [5.74, 6) is 0.878. The third-order valence-electron chi connectivity index (χ3n) is 3.79. The lowest BCUT2D eigenvalue weighted by Crippen LogP contribution is -2.17. The second-order valence-electron chi connectivity index (χ2n) is 5.62. The summed E-state index contributed by atoms with van der Waals surface area (Å²) in [6.45, 7) is 2.27. The number of ether oxygens (including phenoxy) is 1. The second-order valence-corrected chi connectivity index (χ2v) is 6.44. The summed E-state index contributed by atoms with van der Waals surface area (Å²) < 4.78 is 7.17. The van der Waals surface area contributed by atoms with Crippen molar-refractivity contribution in [3.63, 3.8) is 0 Å². The molecule has 1 fully saturated rings. The Balaban J connectivity index is 1.61. The van der Waals surface area contributed by atoms with Gasteiger partial charge in [0, 0.05) is 31.2 Å². The van der Waals surface area contributed by atoms with Gasteiger partial charge in [-0.05, 0) is 30.2 Å². The predicted octanol–water partition coefficient (Wildman–Crippen LogP) is 3.88. The van der Waals surface area contributed by atoms with E-state index in [0.29, 0.717) is 21.8 Å². The van der Waals surface area contributed by atoms with E-state index in [2.05, 4.69) is 10.4 Å². The van der Waals surface area contributed by atoms with Gasteiger partial charge in [-0.2, -0.15) is 5.10 Å². The Morgan fingerprint density at radius 2 is 2.25 bits per heavy atom. The minimum Gasteiger partial charge on any atom is -0.381 e. The molecule has 1 aliphatic rings. The number of rotatable bonds is 5. The number of nitrogens with zero attached hydrogens (tertiary/aromatic N) is 2. The van der Waals surface area contributed by atoms with E-state index in [0.717, 1.165) is 31.7 Å². The van der Waals surface area contributed by atoms with Crippen LogP contribution in [0.25, 0.3) is 6.08 Å². The Labute approximate surface area is 150 Å². The van der Waals surface area contributed by atoms with Crippen LogP contribution in [0.4, 0.5) is 5.82 Å². The maximum absolute atomic E-state index is 12.1. The van der Waals surface area contributed by atoms with Crippen molar-refractivity contribution < 1.29 is 9.53 Å². The van der Waals surface area contributed by atoms with Crippen LogP contribution in [0.1, 0.15) is 12.0 Å². The summed E-state index contributed by atoms with van der Waals surface area (Å²) in [6.07, 6.45) is 5.83. The number of hydrogen-bond donors (Lipinski definition) is 1. The van der Waals surface area contributed by atoms with Crippen molar-refractivity contribution in [2.45, 2.75) is 13.0 Å². The molecule has 0 aliphatic carbocycles. The van der Waals surface area contributed by atoms with Crippen LogP contribution in [0.2, 0.25) is 10.0 Å². The highest BCUT2D eigenvalue weighted by atomic mass is 35.5. The van der Waals surface area contributed by atoms with Gasteiger partial charge in [-0.3, -0.25) is 4.79 Å². The van der Waals surface area contributed by atoms with E-state index in [-0.39, 0.29) is 5.91 Å². The Kier molecular flexibility index (Phi) is 5.56. The molecule has 1 aliphatic heterocycles. The van der Waals surface area contributed by atoms with Crippen LogP contribution in [0.5, 0.6) is 0 Å². The van der Waals surface area contributed by atoms with Crippen LogP contribution >= 0.6 is 23.2 Å². The highest BCUT2D eigenvalue weighted by Gasteiger charge is 2.18. The molecule has 0 spiro atoms. The lowest BCUT2D eigenvalue weighted by molar-refractivity contribution is -0.111. The molecule has 126 valence electrons. The van der Waals surface area contributed by atoms with Gasteiger partial charge in [-0.15, -0.1) is 0 Å². The van der Waals surface area contributed by atoms with E-state index in [4.69, 9.17) is 27.9 Å². The first kappa shape index (κ1) is 17.0. The van der Waals surface area contributed by atoms with Gasteiger partial charge in [-0.1, -0.05) is 29.3 Å². The van der Waals surface area contributed by atoms with Gasteiger partial charge in [0.15, 0.2) is 0 Å². The Morgan fingerprint density at radius 3 is 3.00 bits per heavy atom. The molecule has 1 amide bonds. The smallest absolute Gasteiger partial charge is 0.249 e. The summed E-state index contributed by atoms with van der Waals surface area (Å²) in [5, 5.41) is 8.04. The predicted molar refractivity (Wildman–Crippen MR) is 95.3 cm³/mol. The number of halogens is 2. The molecular formula is C17H17Cl2N3O2. The molecule has 5 nitrogen and oxygen atoms in total. The van der Waals surface area contributed by atoms with Crippen molar-refractivity contribution >= 4 is 41.0 Å². The molecule has 1 aromatic heterocycles. The summed E-state index contributed by atoms with van der Waals surface area (Å²) in [4.78, 5) is 12.1. The topological polar surface area (TPSA) is 56.2 Å². The van der Waals surface area contributed by atoms with Crippen molar-refractivity contribution in [3.05, 3.63) is 52.1 Å². The fourth-order valence-electron chi connectivity index (χ4n) is 2.51. The molecule has 2 aromatic rings. The first-order chi connectivity index (χ1) is 11.6. The van der Waals surface area contributed by atoms with Gasteiger partial charge in [0.2, 0.25) is 5.91 Å². The molecule has 0 radical (unpaired) electrons. The van der Waals surface area contributed by atoms with E-state index >= 15 is 0 Å². The normalized spacial score (nSPS) is 17.5. The molecule has 3 rings (SSSR count). The molecular weight excluding hydrogens is 349 g/mol. The van der Waals surface area contributed by atoms with Crippen LogP contribution in [0, 0.1) is 5.92 Å². The lowest BCUT2D eigenvalue weighted by Gasteiger charge is -2.11. The Hall–Kier alpha value is -1.82. The molecule has 24 heavy (non-hydrogen) atoms. The molecule has 1 N–H and O–H groups in total. The quantitative estimate of drug-likeness (QED) is 0.818. The number of amides is 1. The fourth-order valence-corrected chi connectivity index (χ4v) is 2.82. The second kappa shape index (κ2) is 7.83. The highest BCUT2D eigenvalue weighted by molar-refractivity contribution is 6.42. The van der Waals surface area contributed by atoms with Crippen molar-refractivity contribution in [2.75, 3.05) is 18.5 Å². The van der Waals surface area contributed by atoms with E-state index in [1.165, 1.54) is 6.08 Å². The number of carbonyl (C=O) groups excluding carboxylic acids is 1. The molecule has 1 saturated heterocycles. The monoisotopic (exact) mass is 365 g/mol. The zero-order valence-electron chi connectivity index (χ0n) is 12.9. The number of nitrogens with one attached hydrogen (secondary N) is 1. The first-order valence-electron chi connectivity index (χ1n) is 7.65. The Morgan fingerprint density at radius 1 is 1.38 bits per heavy atom. The zero-order chi connectivity index (χ0) is 16.9. The van der Waals surface area contributed by atoms with E-state index in [1.807, 2.05) is 0 Å². The van der Waals surface area contributed by atoms with E-state index < -0.39 is 0 Å². The van der Waals surface area contributed by atoms with E-state index in [1.54, 1.807) is 41.2 Å². The van der Waals surface area contributed by atoms with Crippen LogP contribution in [-0.2, 0) is 16.1 Å². The van der Waals surface area contributed by atoms with Gasteiger partial charge >= 0.3 is 0 Å². The number of aromatic nitrogens is 2. The average Bonchev–Trinajstić information content (AvgIpc) is 3.22. The number of hydrogen-bond acceptors (Lipinski definition) is 3. The van der Waals surface area contributed by atoms with Crippen molar-refractivity contribution in [1.82, 2.24) is 9.78 Å². The van der Waals surface area contributed by atoms with Gasteiger partial charge in [0.25, 0.3) is 0 Å². The molecule has 0 saturated carbocycles. The summed E-state index contributed by atoms with van der Waals surface area (Å²) in [6, 6.07) is 6.97. The molecule has 2 heterocycles. The summed E-state index contributed by atoms with van der Waals surface area (Å²) in [5.41, 5.74) is 0.802. The minimum atomic E-state index is -0.231. The van der Waals surface area contributed by atoms with Crippen LogP contribution < -0.4 is 5.32 Å². The van der Waals surface area contributed by atoms with Crippen molar-refractivity contribution in [3.8, 4) is 0 Å². The maximum atomic E-state index is 12.1. The van der Waals surface area contributed by atoms with Crippen molar-refractivity contribution in [1.29, 1.82) is 0 Å². The fraction of sp³-hybridized carbons (Fsp3) is 0.294. The van der Waals surface area contributed by atoms with Gasteiger partial charge in [-0.25, -0.2) is 4.68 Å². The molecule has 1 aromatic carbocycles. The molecule has 1 atom stereocenters. The number of benzene rings is 1. The highest BCUT2D eigenvalue weighted by Crippen LogP contribution is 2.23. The zero-order valence-corrected chi connectivity index (χ0v) is 14.4. The molecule has 7 heteroatoms. The third-order valence-corrected chi connectivity index (χ3v) is 4.53. The van der Waals surface area contributed by atoms with Crippen LogP contribution in [0.3, 0.4) is 0 Å². The summed E-state index contributed by atoms with van der Waals surface area (Å²) >= 11 is 11.8. The standard InChI is InChI=1S/C17H17Cl2N3O2/c18-14-3-1-12(9-15(14)19)2-4-17(23)21-16-5-7-20-22(16)10-13-6-8-24-11-13/h1-5,7,9,13H,6,8,10-11H2,(H,21,23). The average molecular weight is 366 g/mol. The molecule has 0 bridgehead atoms. The van der Waals surface area contributed by atoms with Gasteiger partial charge in [0.1, 0.15) is 5.82 Å². The van der Waals surface area contributed by atoms with Crippen molar-refractivity contribution in [2.24, 2.45) is 5.92 Å².